The molecular weight excluding hydrogens is 214 g/mol. The van der Waals surface area contributed by atoms with E-state index in [1.165, 1.54) is 0 Å². The van der Waals surface area contributed by atoms with Crippen LogP contribution in [0.1, 0.15) is 34.6 Å². The van der Waals surface area contributed by atoms with Crippen LogP contribution in [-0.2, 0) is 4.79 Å². The summed E-state index contributed by atoms with van der Waals surface area (Å²) in [7, 11) is 4.06. The second-order valence-electron chi connectivity index (χ2n) is 6.96. The van der Waals surface area contributed by atoms with Gasteiger partial charge >= 0.3 is 0 Å². The Morgan fingerprint density at radius 1 is 1.24 bits per heavy atom. The van der Waals surface area contributed by atoms with E-state index in [2.05, 4.69) is 24.1 Å². The molecule has 0 saturated carbocycles. The summed E-state index contributed by atoms with van der Waals surface area (Å²) in [5.41, 5.74) is 5.76. The third-order valence-electron chi connectivity index (χ3n) is 2.70. The van der Waals surface area contributed by atoms with E-state index in [0.717, 1.165) is 6.54 Å². The van der Waals surface area contributed by atoms with Crippen LogP contribution in [-0.4, -0.2) is 44.0 Å². The average molecular weight is 243 g/mol. The average Bonchev–Trinajstić information content (AvgIpc) is 2.09. The molecule has 4 heteroatoms. The van der Waals surface area contributed by atoms with Crippen molar-refractivity contribution >= 4 is 5.91 Å². The van der Waals surface area contributed by atoms with Crippen molar-refractivity contribution in [3.05, 3.63) is 0 Å². The van der Waals surface area contributed by atoms with Gasteiger partial charge in [-0.2, -0.15) is 0 Å². The van der Waals surface area contributed by atoms with E-state index in [1.54, 1.807) is 0 Å². The molecule has 0 heterocycles. The summed E-state index contributed by atoms with van der Waals surface area (Å²) in [4.78, 5) is 14.0. The van der Waals surface area contributed by atoms with Crippen molar-refractivity contribution in [1.82, 2.24) is 10.2 Å². The molecule has 102 valence electrons. The van der Waals surface area contributed by atoms with Gasteiger partial charge in [-0.1, -0.05) is 34.6 Å². The van der Waals surface area contributed by atoms with E-state index in [9.17, 15) is 4.79 Å². The Morgan fingerprint density at radius 3 is 2.06 bits per heavy atom. The second kappa shape index (κ2) is 5.83. The fourth-order valence-electron chi connectivity index (χ4n) is 1.74. The van der Waals surface area contributed by atoms with Gasteiger partial charge in [-0.15, -0.1) is 0 Å². The minimum atomic E-state index is -0.461. The van der Waals surface area contributed by atoms with Crippen LogP contribution in [0.4, 0.5) is 0 Å². The summed E-state index contributed by atoms with van der Waals surface area (Å²) < 4.78 is 0. The van der Waals surface area contributed by atoms with Gasteiger partial charge in [-0.25, -0.2) is 0 Å². The highest BCUT2D eigenvalue weighted by atomic mass is 16.2. The Morgan fingerprint density at radius 2 is 1.71 bits per heavy atom. The van der Waals surface area contributed by atoms with Crippen molar-refractivity contribution in [3.63, 3.8) is 0 Å². The molecule has 4 nitrogen and oxygen atoms in total. The molecule has 0 bridgehead atoms. The largest absolute Gasteiger partial charge is 0.354 e. The van der Waals surface area contributed by atoms with E-state index >= 15 is 0 Å². The highest BCUT2D eigenvalue weighted by molar-refractivity contribution is 5.82. The normalized spacial score (nSPS) is 14.9. The van der Waals surface area contributed by atoms with Gasteiger partial charge in [0.25, 0.3) is 0 Å². The Bertz CT molecular complexity index is 254. The number of nitrogens with two attached hydrogens (primary N) is 1. The fraction of sp³-hybridized carbons (Fsp3) is 0.923. The third kappa shape index (κ3) is 6.64. The lowest BCUT2D eigenvalue weighted by Crippen LogP contribution is -2.51. The zero-order valence-electron chi connectivity index (χ0n) is 12.4. The van der Waals surface area contributed by atoms with Gasteiger partial charge < -0.3 is 16.0 Å². The van der Waals surface area contributed by atoms with Crippen molar-refractivity contribution in [3.8, 4) is 0 Å². The van der Waals surface area contributed by atoms with Crippen LogP contribution in [0.15, 0.2) is 0 Å². The number of rotatable bonds is 5. The standard InChI is InChI=1S/C13H29N3O/c1-12(2,3)10(14)11(17)15-8-13(4,5)9-16(6)7/h10H,8-9,14H2,1-7H3,(H,15,17)/t10-/m1/s1. The van der Waals surface area contributed by atoms with Gasteiger partial charge in [-0.3, -0.25) is 4.79 Å². The van der Waals surface area contributed by atoms with Crippen LogP contribution in [0.3, 0.4) is 0 Å². The van der Waals surface area contributed by atoms with Crippen LogP contribution < -0.4 is 11.1 Å². The zero-order chi connectivity index (χ0) is 13.9. The van der Waals surface area contributed by atoms with Crippen LogP contribution in [0.25, 0.3) is 0 Å². The maximum absolute atomic E-state index is 11.9. The monoisotopic (exact) mass is 243 g/mol. The molecule has 0 fully saturated rings. The number of nitrogens with zero attached hydrogens (tertiary/aromatic N) is 1. The first-order valence-corrected chi connectivity index (χ1v) is 6.14. The molecule has 0 aromatic heterocycles. The van der Waals surface area contributed by atoms with Gasteiger partial charge in [0.1, 0.15) is 0 Å². The highest BCUT2D eigenvalue weighted by Gasteiger charge is 2.28. The summed E-state index contributed by atoms with van der Waals surface area (Å²) in [6.07, 6.45) is 0. The maximum Gasteiger partial charge on any atom is 0.237 e. The quantitative estimate of drug-likeness (QED) is 0.759. The molecule has 1 amide bonds. The molecule has 17 heavy (non-hydrogen) atoms. The van der Waals surface area contributed by atoms with E-state index in [-0.39, 0.29) is 16.7 Å². The number of hydrogen-bond donors (Lipinski definition) is 2. The smallest absolute Gasteiger partial charge is 0.237 e. The first-order chi connectivity index (χ1) is 7.46. The number of carbonyl (C=O) groups excluding carboxylic acids is 1. The molecule has 1 atom stereocenters. The fourth-order valence-corrected chi connectivity index (χ4v) is 1.74. The van der Waals surface area contributed by atoms with Crippen LogP contribution in [0.5, 0.6) is 0 Å². The number of carbonyl (C=O) groups is 1. The predicted octanol–water partition coefficient (Wildman–Crippen LogP) is 1.06. The van der Waals surface area contributed by atoms with Crippen molar-refractivity contribution in [2.24, 2.45) is 16.6 Å². The zero-order valence-corrected chi connectivity index (χ0v) is 12.4. The van der Waals surface area contributed by atoms with Crippen molar-refractivity contribution in [2.45, 2.75) is 40.7 Å². The lowest BCUT2D eigenvalue weighted by molar-refractivity contribution is -0.125. The van der Waals surface area contributed by atoms with E-state index in [1.807, 2.05) is 34.9 Å². The number of hydrogen-bond acceptors (Lipinski definition) is 3. The highest BCUT2D eigenvalue weighted by Crippen LogP contribution is 2.18. The minimum absolute atomic E-state index is 0.0523. The van der Waals surface area contributed by atoms with Crippen molar-refractivity contribution in [1.29, 1.82) is 0 Å². The molecule has 0 aliphatic rings. The maximum atomic E-state index is 11.9. The lowest BCUT2D eigenvalue weighted by atomic mass is 9.86. The van der Waals surface area contributed by atoms with Gasteiger partial charge in [0, 0.05) is 13.1 Å². The van der Waals surface area contributed by atoms with E-state index < -0.39 is 6.04 Å². The van der Waals surface area contributed by atoms with Crippen LogP contribution >= 0.6 is 0 Å². The van der Waals surface area contributed by atoms with E-state index in [4.69, 9.17) is 5.73 Å². The molecule has 0 spiro atoms. The van der Waals surface area contributed by atoms with Crippen LogP contribution in [0.2, 0.25) is 0 Å². The summed E-state index contributed by atoms with van der Waals surface area (Å²) in [5.74, 6) is -0.0654. The van der Waals surface area contributed by atoms with Gasteiger partial charge in [0.05, 0.1) is 6.04 Å². The summed E-state index contributed by atoms with van der Waals surface area (Å²) in [5, 5.41) is 2.94. The van der Waals surface area contributed by atoms with Gasteiger partial charge in [-0.05, 0) is 24.9 Å². The second-order valence-corrected chi connectivity index (χ2v) is 6.96. The number of nitrogens with one attached hydrogen (secondary N) is 1. The molecule has 0 aromatic carbocycles. The molecule has 0 saturated heterocycles. The first kappa shape index (κ1) is 16.4. The molecular formula is C13H29N3O. The van der Waals surface area contributed by atoms with Crippen molar-refractivity contribution < 1.29 is 4.79 Å². The predicted molar refractivity (Wildman–Crippen MR) is 72.8 cm³/mol. The molecule has 0 rings (SSSR count). The molecule has 0 radical (unpaired) electrons. The van der Waals surface area contributed by atoms with Gasteiger partial charge in [0.15, 0.2) is 0 Å². The first-order valence-electron chi connectivity index (χ1n) is 6.14. The third-order valence-corrected chi connectivity index (χ3v) is 2.70. The van der Waals surface area contributed by atoms with E-state index in [0.29, 0.717) is 6.54 Å². The molecule has 0 aliphatic carbocycles. The Labute approximate surface area is 106 Å². The molecule has 0 aromatic rings. The topological polar surface area (TPSA) is 58.4 Å². The summed E-state index contributed by atoms with van der Waals surface area (Å²) in [6, 6.07) is -0.461. The summed E-state index contributed by atoms with van der Waals surface area (Å²) >= 11 is 0. The SMILES string of the molecule is CN(C)CC(C)(C)CNC(=O)[C@@H](N)C(C)(C)C. The molecule has 3 N–H and O–H groups in total. The van der Waals surface area contributed by atoms with Crippen LogP contribution in [0, 0.1) is 10.8 Å². The Balaban J connectivity index is 4.25. The Kier molecular flexibility index (Phi) is 5.62. The lowest BCUT2D eigenvalue weighted by Gasteiger charge is -2.31. The summed E-state index contributed by atoms with van der Waals surface area (Å²) in [6.45, 7) is 11.8. The number of amides is 1. The molecule has 0 unspecified atom stereocenters. The Hall–Kier alpha value is -0.610. The minimum Gasteiger partial charge on any atom is -0.354 e. The van der Waals surface area contributed by atoms with Crippen molar-refractivity contribution in [2.75, 3.05) is 27.2 Å². The van der Waals surface area contributed by atoms with Gasteiger partial charge in [0.2, 0.25) is 5.91 Å². The molecule has 0 aliphatic heterocycles.